The number of hydrogen-bond acceptors (Lipinski definition) is 3. The van der Waals surface area contributed by atoms with Crippen LogP contribution in [-0.4, -0.2) is 28.1 Å². The molecule has 0 saturated heterocycles. The van der Waals surface area contributed by atoms with Crippen LogP contribution in [0.5, 0.6) is 5.75 Å². The predicted molar refractivity (Wildman–Crippen MR) is 59.1 cm³/mol. The van der Waals surface area contributed by atoms with Gasteiger partial charge in [0.2, 0.25) is 0 Å². The summed E-state index contributed by atoms with van der Waals surface area (Å²) in [4.78, 5) is 4.33. The Morgan fingerprint density at radius 3 is 3.13 bits per heavy atom. The zero-order valence-corrected chi connectivity index (χ0v) is 8.77. The van der Waals surface area contributed by atoms with Crippen molar-refractivity contribution in [1.29, 1.82) is 0 Å². The first-order valence-corrected chi connectivity index (χ1v) is 5.11. The second-order valence-corrected chi connectivity index (χ2v) is 3.56. The first kappa shape index (κ1) is 9.98. The van der Waals surface area contributed by atoms with E-state index < -0.39 is 0 Å². The summed E-state index contributed by atoms with van der Waals surface area (Å²) in [5.41, 5.74) is 1.02. The molecule has 0 saturated carbocycles. The molecule has 0 aliphatic heterocycles. The minimum Gasteiger partial charge on any atom is -0.506 e. The third kappa shape index (κ3) is 2.10. The molecule has 0 aliphatic carbocycles. The number of nitrogens with zero attached hydrogens (tertiary/aromatic N) is 2. The number of hydrogen-bond donors (Lipinski definition) is 2. The maximum Gasteiger partial charge on any atom is 0.132 e. The molecule has 80 valence electrons. The second-order valence-electron chi connectivity index (χ2n) is 3.56. The van der Waals surface area contributed by atoms with Gasteiger partial charge in [-0.1, -0.05) is 0 Å². The largest absolute Gasteiger partial charge is 0.506 e. The minimum absolute atomic E-state index is 0.273. The van der Waals surface area contributed by atoms with Crippen molar-refractivity contribution in [3.05, 3.63) is 30.4 Å². The van der Waals surface area contributed by atoms with Crippen LogP contribution in [0.2, 0.25) is 0 Å². The van der Waals surface area contributed by atoms with E-state index in [-0.39, 0.29) is 5.75 Å². The van der Waals surface area contributed by atoms with Gasteiger partial charge in [0.15, 0.2) is 0 Å². The summed E-state index contributed by atoms with van der Waals surface area (Å²) in [7, 11) is 1.94. The molecule has 0 fully saturated rings. The van der Waals surface area contributed by atoms with Gasteiger partial charge in [-0.15, -0.1) is 0 Å². The molecule has 0 aromatic carbocycles. The first-order chi connectivity index (χ1) is 7.31. The van der Waals surface area contributed by atoms with Crippen LogP contribution < -0.4 is 5.32 Å². The summed E-state index contributed by atoms with van der Waals surface area (Å²) in [6, 6.07) is 3.54. The lowest BCUT2D eigenvalue weighted by Crippen LogP contribution is -2.09. The van der Waals surface area contributed by atoms with Crippen LogP contribution in [0, 0.1) is 0 Å². The molecule has 2 aromatic rings. The fourth-order valence-electron chi connectivity index (χ4n) is 1.64. The molecule has 4 nitrogen and oxygen atoms in total. The summed E-state index contributed by atoms with van der Waals surface area (Å²) in [5.74, 6) is 1.27. The lowest BCUT2D eigenvalue weighted by atomic mass is 10.3. The number of pyridine rings is 1. The maximum absolute atomic E-state index is 9.38. The third-order valence-corrected chi connectivity index (χ3v) is 2.42. The first-order valence-electron chi connectivity index (χ1n) is 5.11. The normalized spacial score (nSPS) is 11.0. The van der Waals surface area contributed by atoms with E-state index >= 15 is 0 Å². The van der Waals surface area contributed by atoms with Crippen LogP contribution in [-0.2, 0) is 6.42 Å². The molecule has 0 radical (unpaired) electrons. The topological polar surface area (TPSA) is 49.6 Å². The lowest BCUT2D eigenvalue weighted by molar-refractivity contribution is 0.471. The predicted octanol–water partition coefficient (Wildman–Crippen LogP) is 1.19. The van der Waals surface area contributed by atoms with E-state index in [4.69, 9.17) is 0 Å². The van der Waals surface area contributed by atoms with Crippen LogP contribution in [0.25, 0.3) is 5.52 Å². The molecule has 0 atom stereocenters. The Morgan fingerprint density at radius 2 is 2.33 bits per heavy atom. The van der Waals surface area contributed by atoms with Gasteiger partial charge in [-0.25, -0.2) is 4.98 Å². The van der Waals surface area contributed by atoms with E-state index in [1.54, 1.807) is 12.3 Å². The minimum atomic E-state index is 0.273. The Hall–Kier alpha value is -1.55. The summed E-state index contributed by atoms with van der Waals surface area (Å²) in [6.45, 7) is 0.980. The molecule has 2 rings (SSSR count). The molecule has 15 heavy (non-hydrogen) atoms. The van der Waals surface area contributed by atoms with E-state index in [0.29, 0.717) is 0 Å². The number of nitrogens with one attached hydrogen (secondary N) is 1. The fraction of sp³-hybridized carbons (Fsp3) is 0.364. The highest BCUT2D eigenvalue weighted by Crippen LogP contribution is 2.14. The van der Waals surface area contributed by atoms with Crippen molar-refractivity contribution in [2.45, 2.75) is 12.8 Å². The van der Waals surface area contributed by atoms with Gasteiger partial charge in [-0.2, -0.15) is 0 Å². The molecule has 0 unspecified atom stereocenters. The molecule has 2 N–H and O–H groups in total. The zero-order chi connectivity index (χ0) is 10.7. The van der Waals surface area contributed by atoms with Crippen molar-refractivity contribution in [3.8, 4) is 5.75 Å². The van der Waals surface area contributed by atoms with Gasteiger partial charge in [0.25, 0.3) is 0 Å². The average Bonchev–Trinajstić information content (AvgIpc) is 2.62. The Bertz CT molecular complexity index is 450. The zero-order valence-electron chi connectivity index (χ0n) is 8.77. The third-order valence-electron chi connectivity index (χ3n) is 2.42. The van der Waals surface area contributed by atoms with E-state index in [1.807, 2.05) is 23.7 Å². The molecule has 0 bridgehead atoms. The Kier molecular flexibility index (Phi) is 2.87. The standard InChI is InChI=1S/C11H15N3O/c1-12-6-2-3-11-13-7-9-4-5-10(15)8-14(9)11/h4-5,7-8,12,15H,2-3,6H2,1H3. The van der Waals surface area contributed by atoms with E-state index in [0.717, 1.165) is 30.7 Å². The SMILES string of the molecule is CNCCCc1ncc2ccc(O)cn12. The highest BCUT2D eigenvalue weighted by Gasteiger charge is 2.03. The van der Waals surface area contributed by atoms with Crippen LogP contribution in [0.1, 0.15) is 12.2 Å². The average molecular weight is 205 g/mol. The molecule has 4 heteroatoms. The number of rotatable bonds is 4. The van der Waals surface area contributed by atoms with E-state index in [1.165, 1.54) is 0 Å². The van der Waals surface area contributed by atoms with Gasteiger partial charge in [0.05, 0.1) is 17.9 Å². The van der Waals surface area contributed by atoms with Crippen molar-refractivity contribution in [2.75, 3.05) is 13.6 Å². The highest BCUT2D eigenvalue weighted by molar-refractivity contribution is 5.48. The summed E-state index contributed by atoms with van der Waals surface area (Å²) in [6.07, 6.45) is 5.49. The van der Waals surface area contributed by atoms with Crippen LogP contribution in [0.4, 0.5) is 0 Å². The lowest BCUT2D eigenvalue weighted by Gasteiger charge is -2.01. The number of aryl methyl sites for hydroxylation is 1. The van der Waals surface area contributed by atoms with Crippen molar-refractivity contribution in [1.82, 2.24) is 14.7 Å². The monoisotopic (exact) mass is 205 g/mol. The van der Waals surface area contributed by atoms with Crippen LogP contribution in [0.15, 0.2) is 24.5 Å². The van der Waals surface area contributed by atoms with Gasteiger partial charge < -0.3 is 14.8 Å². The molecule has 0 spiro atoms. The van der Waals surface area contributed by atoms with Crippen LogP contribution in [0.3, 0.4) is 0 Å². The van der Waals surface area contributed by atoms with Gasteiger partial charge in [0.1, 0.15) is 11.6 Å². The molecular weight excluding hydrogens is 190 g/mol. The van der Waals surface area contributed by atoms with Gasteiger partial charge in [-0.3, -0.25) is 0 Å². The smallest absolute Gasteiger partial charge is 0.132 e. The second kappa shape index (κ2) is 4.31. The highest BCUT2D eigenvalue weighted by atomic mass is 16.3. The Labute approximate surface area is 88.6 Å². The number of aromatic hydroxyl groups is 1. The van der Waals surface area contributed by atoms with E-state index in [9.17, 15) is 5.11 Å². The Morgan fingerprint density at radius 1 is 1.47 bits per heavy atom. The van der Waals surface area contributed by atoms with Crippen molar-refractivity contribution in [3.63, 3.8) is 0 Å². The summed E-state index contributed by atoms with van der Waals surface area (Å²) < 4.78 is 1.94. The molecule has 2 heterocycles. The van der Waals surface area contributed by atoms with Gasteiger partial charge in [-0.05, 0) is 32.1 Å². The number of fused-ring (bicyclic) bond motifs is 1. The van der Waals surface area contributed by atoms with Gasteiger partial charge in [0, 0.05) is 6.42 Å². The molecule has 2 aromatic heterocycles. The number of imidazole rings is 1. The van der Waals surface area contributed by atoms with Crippen molar-refractivity contribution >= 4 is 5.52 Å². The molecule has 0 aliphatic rings. The van der Waals surface area contributed by atoms with Gasteiger partial charge >= 0.3 is 0 Å². The van der Waals surface area contributed by atoms with Crippen molar-refractivity contribution < 1.29 is 5.11 Å². The van der Waals surface area contributed by atoms with Crippen LogP contribution >= 0.6 is 0 Å². The molecule has 0 amide bonds. The Balaban J connectivity index is 2.23. The van der Waals surface area contributed by atoms with Crippen molar-refractivity contribution in [2.24, 2.45) is 0 Å². The fourth-order valence-corrected chi connectivity index (χ4v) is 1.64. The summed E-state index contributed by atoms with van der Waals surface area (Å²) >= 11 is 0. The summed E-state index contributed by atoms with van der Waals surface area (Å²) in [5, 5.41) is 12.5. The molecular formula is C11H15N3O. The van der Waals surface area contributed by atoms with E-state index in [2.05, 4.69) is 10.3 Å². The maximum atomic E-state index is 9.38. The number of aromatic nitrogens is 2. The quantitative estimate of drug-likeness (QED) is 0.737.